The molecule has 0 spiro atoms. The first-order valence-electron chi connectivity index (χ1n) is 7.47. The van der Waals surface area contributed by atoms with Crippen molar-refractivity contribution in [2.45, 2.75) is 24.2 Å². The molecule has 0 aliphatic carbocycles. The van der Waals surface area contributed by atoms with E-state index in [1.165, 1.54) is 23.5 Å². The van der Waals surface area contributed by atoms with E-state index in [1.807, 2.05) is 7.05 Å². The molecule has 124 valence electrons. The standard InChI is InChI=1S/C15H23FN2O3S/c1-17-8-5-12-6-9-18(10-7-12)22(19,20)13-3-4-15(21-2)14(16)11-13/h3-4,11-12,17H,5-10H2,1-2H3. The highest BCUT2D eigenvalue weighted by molar-refractivity contribution is 7.89. The van der Waals surface area contributed by atoms with Gasteiger partial charge in [-0.25, -0.2) is 12.8 Å². The van der Waals surface area contributed by atoms with Gasteiger partial charge in [-0.15, -0.1) is 0 Å². The van der Waals surface area contributed by atoms with E-state index in [2.05, 4.69) is 5.32 Å². The number of hydrogen-bond acceptors (Lipinski definition) is 4. The summed E-state index contributed by atoms with van der Waals surface area (Å²) < 4.78 is 45.1. The fraction of sp³-hybridized carbons (Fsp3) is 0.600. The maximum atomic E-state index is 13.7. The number of ether oxygens (including phenoxy) is 1. The number of sulfonamides is 1. The van der Waals surface area contributed by atoms with Crippen LogP contribution in [0.5, 0.6) is 5.75 Å². The number of benzene rings is 1. The molecule has 0 radical (unpaired) electrons. The van der Waals surface area contributed by atoms with Crippen molar-refractivity contribution in [1.82, 2.24) is 9.62 Å². The van der Waals surface area contributed by atoms with Crippen molar-refractivity contribution < 1.29 is 17.5 Å². The lowest BCUT2D eigenvalue weighted by Crippen LogP contribution is -2.38. The predicted octanol–water partition coefficient (Wildman–Crippen LogP) is 1.84. The monoisotopic (exact) mass is 330 g/mol. The Hall–Kier alpha value is -1.18. The second-order valence-electron chi connectivity index (χ2n) is 5.54. The molecule has 1 aliphatic heterocycles. The average molecular weight is 330 g/mol. The number of nitrogens with one attached hydrogen (secondary N) is 1. The van der Waals surface area contributed by atoms with Gasteiger partial charge in [0, 0.05) is 13.1 Å². The van der Waals surface area contributed by atoms with Crippen LogP contribution in [0.2, 0.25) is 0 Å². The summed E-state index contributed by atoms with van der Waals surface area (Å²) in [6.07, 6.45) is 2.75. The Morgan fingerprint density at radius 2 is 2.05 bits per heavy atom. The number of piperidine rings is 1. The molecule has 7 heteroatoms. The zero-order valence-electron chi connectivity index (χ0n) is 13.0. The van der Waals surface area contributed by atoms with E-state index in [1.54, 1.807) is 0 Å². The lowest BCUT2D eigenvalue weighted by Gasteiger charge is -2.31. The third-order valence-corrected chi connectivity index (χ3v) is 6.03. The second kappa shape index (κ2) is 7.39. The lowest BCUT2D eigenvalue weighted by atomic mass is 9.95. The number of halogens is 1. The van der Waals surface area contributed by atoms with Crippen molar-refractivity contribution in [3.63, 3.8) is 0 Å². The van der Waals surface area contributed by atoms with Crippen molar-refractivity contribution in [3.8, 4) is 5.75 Å². The lowest BCUT2D eigenvalue weighted by molar-refractivity contribution is 0.263. The van der Waals surface area contributed by atoms with Gasteiger partial charge in [-0.05, 0) is 57.0 Å². The Morgan fingerprint density at radius 3 is 2.59 bits per heavy atom. The van der Waals surface area contributed by atoms with E-state index in [-0.39, 0.29) is 10.6 Å². The van der Waals surface area contributed by atoms with Gasteiger partial charge in [0.15, 0.2) is 11.6 Å². The van der Waals surface area contributed by atoms with Crippen molar-refractivity contribution in [2.24, 2.45) is 5.92 Å². The van der Waals surface area contributed by atoms with Crippen molar-refractivity contribution in [2.75, 3.05) is 33.8 Å². The van der Waals surface area contributed by atoms with Gasteiger partial charge >= 0.3 is 0 Å². The summed E-state index contributed by atoms with van der Waals surface area (Å²) in [7, 11) is -0.367. The highest BCUT2D eigenvalue weighted by atomic mass is 32.2. The molecule has 22 heavy (non-hydrogen) atoms. The average Bonchev–Trinajstić information content (AvgIpc) is 2.53. The number of rotatable bonds is 6. The Balaban J connectivity index is 2.07. The van der Waals surface area contributed by atoms with E-state index in [0.717, 1.165) is 31.9 Å². The van der Waals surface area contributed by atoms with Gasteiger partial charge in [-0.2, -0.15) is 4.31 Å². The summed E-state index contributed by atoms with van der Waals surface area (Å²) in [5, 5.41) is 3.11. The molecule has 5 nitrogen and oxygen atoms in total. The SMILES string of the molecule is CNCCC1CCN(S(=O)(=O)c2ccc(OC)c(F)c2)CC1. The zero-order chi connectivity index (χ0) is 16.2. The third-order valence-electron chi connectivity index (χ3n) is 4.14. The quantitative estimate of drug-likeness (QED) is 0.865. The third kappa shape index (κ3) is 3.77. The minimum Gasteiger partial charge on any atom is -0.494 e. The van der Waals surface area contributed by atoms with E-state index >= 15 is 0 Å². The molecule has 0 unspecified atom stereocenters. The van der Waals surface area contributed by atoms with Crippen LogP contribution >= 0.6 is 0 Å². The minimum absolute atomic E-state index is 0.0144. The van der Waals surface area contributed by atoms with Crippen molar-refractivity contribution >= 4 is 10.0 Å². The summed E-state index contributed by atoms with van der Waals surface area (Å²) in [6.45, 7) is 1.93. The maximum absolute atomic E-state index is 13.7. The number of nitrogens with zero attached hydrogens (tertiary/aromatic N) is 1. The molecule has 2 rings (SSSR count). The molecular weight excluding hydrogens is 307 g/mol. The van der Waals surface area contributed by atoms with Crippen LogP contribution in [0, 0.1) is 11.7 Å². The zero-order valence-corrected chi connectivity index (χ0v) is 13.8. The van der Waals surface area contributed by atoms with E-state index in [0.29, 0.717) is 19.0 Å². The fourth-order valence-corrected chi connectivity index (χ4v) is 4.23. The Labute approximate surface area is 131 Å². The van der Waals surface area contributed by atoms with Crippen LogP contribution in [0.4, 0.5) is 4.39 Å². The molecule has 0 amide bonds. The number of hydrogen-bond donors (Lipinski definition) is 1. The first kappa shape index (κ1) is 17.2. The summed E-state index contributed by atoms with van der Waals surface area (Å²) in [6, 6.07) is 3.77. The summed E-state index contributed by atoms with van der Waals surface area (Å²) in [5.74, 6) is -0.0660. The van der Waals surface area contributed by atoms with Crippen molar-refractivity contribution in [3.05, 3.63) is 24.0 Å². The molecular formula is C15H23FN2O3S. The van der Waals surface area contributed by atoms with Gasteiger partial charge in [-0.3, -0.25) is 0 Å². The molecule has 1 aliphatic rings. The summed E-state index contributed by atoms with van der Waals surface area (Å²) in [5.41, 5.74) is 0. The van der Waals surface area contributed by atoms with Gasteiger partial charge in [0.25, 0.3) is 0 Å². The molecule has 1 N–H and O–H groups in total. The summed E-state index contributed by atoms with van der Waals surface area (Å²) in [4.78, 5) is -0.0144. The highest BCUT2D eigenvalue weighted by Crippen LogP contribution is 2.27. The summed E-state index contributed by atoms with van der Waals surface area (Å²) >= 11 is 0. The highest BCUT2D eigenvalue weighted by Gasteiger charge is 2.29. The van der Waals surface area contributed by atoms with Crippen LogP contribution in [0.15, 0.2) is 23.1 Å². The first-order chi connectivity index (χ1) is 10.5. The van der Waals surface area contributed by atoms with Crippen LogP contribution in [-0.2, 0) is 10.0 Å². The largest absolute Gasteiger partial charge is 0.494 e. The molecule has 1 saturated heterocycles. The molecule has 1 aromatic carbocycles. The Morgan fingerprint density at radius 1 is 1.36 bits per heavy atom. The molecule has 0 saturated carbocycles. The first-order valence-corrected chi connectivity index (χ1v) is 8.91. The van der Waals surface area contributed by atoms with Crippen LogP contribution in [0.3, 0.4) is 0 Å². The van der Waals surface area contributed by atoms with Gasteiger partial charge < -0.3 is 10.1 Å². The molecule has 0 atom stereocenters. The van der Waals surface area contributed by atoms with Crippen LogP contribution in [0.1, 0.15) is 19.3 Å². The molecule has 1 aromatic rings. The van der Waals surface area contributed by atoms with E-state index < -0.39 is 15.8 Å². The molecule has 0 aromatic heterocycles. The Kier molecular flexibility index (Phi) is 5.77. The molecule has 1 fully saturated rings. The van der Waals surface area contributed by atoms with Gasteiger partial charge in [0.05, 0.1) is 12.0 Å². The van der Waals surface area contributed by atoms with E-state index in [9.17, 15) is 12.8 Å². The molecule has 0 bridgehead atoms. The van der Waals surface area contributed by atoms with E-state index in [4.69, 9.17) is 4.74 Å². The van der Waals surface area contributed by atoms with Crippen LogP contribution < -0.4 is 10.1 Å². The van der Waals surface area contributed by atoms with Crippen LogP contribution in [-0.4, -0.2) is 46.5 Å². The Bertz CT molecular complexity index is 599. The number of methoxy groups -OCH3 is 1. The topological polar surface area (TPSA) is 58.6 Å². The maximum Gasteiger partial charge on any atom is 0.243 e. The predicted molar refractivity (Wildman–Crippen MR) is 83.0 cm³/mol. The smallest absolute Gasteiger partial charge is 0.243 e. The molecule has 1 heterocycles. The van der Waals surface area contributed by atoms with Crippen molar-refractivity contribution in [1.29, 1.82) is 0 Å². The van der Waals surface area contributed by atoms with Gasteiger partial charge in [-0.1, -0.05) is 0 Å². The normalized spacial score (nSPS) is 17.6. The van der Waals surface area contributed by atoms with Gasteiger partial charge in [0.2, 0.25) is 10.0 Å². The van der Waals surface area contributed by atoms with Crippen LogP contribution in [0.25, 0.3) is 0 Å². The second-order valence-corrected chi connectivity index (χ2v) is 7.47. The van der Waals surface area contributed by atoms with Gasteiger partial charge in [0.1, 0.15) is 0 Å². The minimum atomic E-state index is -3.63. The fourth-order valence-electron chi connectivity index (χ4n) is 2.74.